The van der Waals surface area contributed by atoms with Crippen molar-refractivity contribution < 1.29 is 19.7 Å². The minimum absolute atomic E-state index is 0.145. The number of aliphatic hydroxyl groups excluding tert-OH is 1. The normalized spacial score (nSPS) is 18.9. The molecule has 0 saturated heterocycles. The number of benzene rings is 2. The first-order valence-electron chi connectivity index (χ1n) is 8.58. The monoisotopic (exact) mass is 341 g/mol. The lowest BCUT2D eigenvalue weighted by molar-refractivity contribution is 0.157. The average molecular weight is 341 g/mol. The van der Waals surface area contributed by atoms with Crippen molar-refractivity contribution in [1.29, 1.82) is 0 Å². The van der Waals surface area contributed by atoms with Crippen LogP contribution in [-0.4, -0.2) is 35.9 Å². The Hall–Kier alpha value is -2.24. The molecular weight excluding hydrogens is 318 g/mol. The van der Waals surface area contributed by atoms with Crippen LogP contribution in [0.3, 0.4) is 0 Å². The van der Waals surface area contributed by atoms with Crippen LogP contribution >= 0.6 is 0 Å². The lowest BCUT2D eigenvalue weighted by Gasteiger charge is -2.42. The molecule has 2 aliphatic rings. The van der Waals surface area contributed by atoms with Gasteiger partial charge in [-0.25, -0.2) is 0 Å². The van der Waals surface area contributed by atoms with Crippen LogP contribution in [0.4, 0.5) is 0 Å². The number of hydrogen-bond donors (Lipinski definition) is 2. The fourth-order valence-electron chi connectivity index (χ4n) is 4.20. The van der Waals surface area contributed by atoms with Gasteiger partial charge in [0.1, 0.15) is 5.75 Å². The van der Waals surface area contributed by atoms with Crippen LogP contribution in [0.5, 0.6) is 17.2 Å². The Morgan fingerprint density at radius 1 is 1.16 bits per heavy atom. The molecule has 2 aliphatic heterocycles. The number of fused-ring (bicyclic) bond motifs is 4. The van der Waals surface area contributed by atoms with Crippen molar-refractivity contribution in [2.24, 2.45) is 0 Å². The second-order valence-corrected chi connectivity index (χ2v) is 6.72. The predicted octanol–water partition coefficient (Wildman–Crippen LogP) is 2.56. The summed E-state index contributed by atoms with van der Waals surface area (Å²) < 4.78 is 11.1. The Kier molecular flexibility index (Phi) is 4.06. The summed E-state index contributed by atoms with van der Waals surface area (Å²) in [5.41, 5.74) is 5.46. The fourth-order valence-corrected chi connectivity index (χ4v) is 4.20. The highest BCUT2D eigenvalue weighted by Gasteiger charge is 2.34. The molecule has 5 nitrogen and oxygen atoms in total. The molecule has 0 saturated carbocycles. The predicted molar refractivity (Wildman–Crippen MR) is 94.1 cm³/mol. The summed E-state index contributed by atoms with van der Waals surface area (Å²) in [6.07, 6.45) is 1.78. The van der Waals surface area contributed by atoms with Crippen molar-refractivity contribution in [3.8, 4) is 17.2 Å². The smallest absolute Gasteiger partial charge is 0.165 e. The number of phenols is 1. The van der Waals surface area contributed by atoms with E-state index in [1.54, 1.807) is 14.2 Å². The van der Waals surface area contributed by atoms with Gasteiger partial charge in [0.05, 0.1) is 20.8 Å². The van der Waals surface area contributed by atoms with Gasteiger partial charge in [-0.1, -0.05) is 6.07 Å². The lowest BCUT2D eigenvalue weighted by Crippen LogP contribution is -2.39. The number of aromatic hydroxyl groups is 1. The van der Waals surface area contributed by atoms with Crippen LogP contribution in [0, 0.1) is 0 Å². The number of nitrogens with zero attached hydrogens (tertiary/aromatic N) is 1. The van der Waals surface area contributed by atoms with Crippen molar-refractivity contribution in [2.75, 3.05) is 20.8 Å². The van der Waals surface area contributed by atoms with Crippen molar-refractivity contribution >= 4 is 0 Å². The molecule has 2 N–H and O–H groups in total. The molecule has 1 atom stereocenters. The zero-order chi connectivity index (χ0) is 17.6. The maximum absolute atomic E-state index is 10.0. The van der Waals surface area contributed by atoms with E-state index in [1.807, 2.05) is 18.2 Å². The molecule has 0 spiro atoms. The summed E-state index contributed by atoms with van der Waals surface area (Å²) in [7, 11) is 3.35. The Bertz CT molecular complexity index is 818. The van der Waals surface area contributed by atoms with Gasteiger partial charge in [-0.3, -0.25) is 4.90 Å². The first kappa shape index (κ1) is 16.2. The zero-order valence-corrected chi connectivity index (χ0v) is 14.6. The van der Waals surface area contributed by atoms with E-state index in [0.717, 1.165) is 37.4 Å². The number of rotatable bonds is 3. The maximum atomic E-state index is 10.0. The highest BCUT2D eigenvalue weighted by Crippen LogP contribution is 2.44. The van der Waals surface area contributed by atoms with Gasteiger partial charge in [0.25, 0.3) is 0 Å². The van der Waals surface area contributed by atoms with Gasteiger partial charge < -0.3 is 19.7 Å². The Labute approximate surface area is 147 Å². The van der Waals surface area contributed by atoms with Gasteiger partial charge >= 0.3 is 0 Å². The molecule has 0 unspecified atom stereocenters. The number of ether oxygens (including phenoxy) is 2. The minimum Gasteiger partial charge on any atom is -0.508 e. The number of methoxy groups -OCH3 is 2. The molecule has 0 amide bonds. The third-order valence-electron chi connectivity index (χ3n) is 5.50. The Balaban J connectivity index is 1.77. The number of aliphatic hydroxyl groups is 1. The van der Waals surface area contributed by atoms with Gasteiger partial charge in [0.2, 0.25) is 0 Å². The van der Waals surface area contributed by atoms with Crippen molar-refractivity contribution in [3.05, 3.63) is 52.1 Å². The molecule has 0 bridgehead atoms. The third kappa shape index (κ3) is 2.55. The largest absolute Gasteiger partial charge is 0.508 e. The molecule has 0 fully saturated rings. The van der Waals surface area contributed by atoms with E-state index in [0.29, 0.717) is 5.56 Å². The topological polar surface area (TPSA) is 62.2 Å². The molecule has 4 rings (SSSR count). The quantitative estimate of drug-likeness (QED) is 0.898. The van der Waals surface area contributed by atoms with E-state index in [1.165, 1.54) is 22.3 Å². The van der Waals surface area contributed by atoms with E-state index in [9.17, 15) is 10.2 Å². The van der Waals surface area contributed by atoms with E-state index in [2.05, 4.69) is 11.0 Å². The molecule has 2 aromatic rings. The lowest BCUT2D eigenvalue weighted by atomic mass is 9.83. The maximum Gasteiger partial charge on any atom is 0.165 e. The summed E-state index contributed by atoms with van der Waals surface area (Å²) in [4.78, 5) is 2.45. The van der Waals surface area contributed by atoms with Crippen LogP contribution in [0.1, 0.15) is 33.9 Å². The van der Waals surface area contributed by atoms with Crippen LogP contribution in [-0.2, 0) is 26.0 Å². The third-order valence-corrected chi connectivity index (χ3v) is 5.50. The van der Waals surface area contributed by atoms with Gasteiger partial charge in [0, 0.05) is 30.3 Å². The van der Waals surface area contributed by atoms with E-state index in [-0.39, 0.29) is 18.4 Å². The minimum atomic E-state index is -0.145. The first-order valence-corrected chi connectivity index (χ1v) is 8.58. The fraction of sp³-hybridized carbons (Fsp3) is 0.400. The molecule has 2 aromatic carbocycles. The summed E-state index contributed by atoms with van der Waals surface area (Å²) in [5.74, 6) is 1.79. The number of hydrogen-bond acceptors (Lipinski definition) is 5. The summed E-state index contributed by atoms with van der Waals surface area (Å²) in [6, 6.07) is 8.14. The van der Waals surface area contributed by atoms with Gasteiger partial charge in [-0.15, -0.1) is 0 Å². The summed E-state index contributed by atoms with van der Waals surface area (Å²) in [6.45, 7) is 1.61. The molecule has 0 aliphatic carbocycles. The summed E-state index contributed by atoms with van der Waals surface area (Å²) in [5, 5.41) is 19.5. The van der Waals surface area contributed by atoms with Gasteiger partial charge in [0.15, 0.2) is 11.5 Å². The molecule has 132 valence electrons. The standard InChI is InChI=1S/C20H23NO4/c1-24-19-4-3-12-8-17-15-7-14(11-22)18(23)9-13(15)5-6-21(17)10-16(12)20(19)25-2/h3-4,7,9,17,22-23H,5-6,8,10-11H2,1-2H3/t17-/m1/s1. The molecular formula is C20H23NO4. The van der Waals surface area contributed by atoms with Gasteiger partial charge in [-0.2, -0.15) is 0 Å². The van der Waals surface area contributed by atoms with Crippen molar-refractivity contribution in [2.45, 2.75) is 32.0 Å². The average Bonchev–Trinajstić information content (AvgIpc) is 2.64. The van der Waals surface area contributed by atoms with Crippen LogP contribution < -0.4 is 9.47 Å². The highest BCUT2D eigenvalue weighted by molar-refractivity contribution is 5.53. The van der Waals surface area contributed by atoms with E-state index >= 15 is 0 Å². The molecule has 25 heavy (non-hydrogen) atoms. The molecule has 0 aromatic heterocycles. The zero-order valence-electron chi connectivity index (χ0n) is 14.6. The van der Waals surface area contributed by atoms with Crippen molar-refractivity contribution in [3.63, 3.8) is 0 Å². The summed E-state index contributed by atoms with van der Waals surface area (Å²) >= 11 is 0. The molecule has 2 heterocycles. The van der Waals surface area contributed by atoms with E-state index in [4.69, 9.17) is 9.47 Å². The van der Waals surface area contributed by atoms with Crippen LogP contribution in [0.25, 0.3) is 0 Å². The Morgan fingerprint density at radius 2 is 2.00 bits per heavy atom. The first-order chi connectivity index (χ1) is 12.2. The second kappa shape index (κ2) is 6.24. The SMILES string of the molecule is COc1ccc2c(c1OC)CN1CCc3cc(O)c(CO)cc3[C@H]1C2. The second-order valence-electron chi connectivity index (χ2n) is 6.72. The van der Waals surface area contributed by atoms with Crippen LogP contribution in [0.2, 0.25) is 0 Å². The molecule has 5 heteroatoms. The Morgan fingerprint density at radius 3 is 2.72 bits per heavy atom. The van der Waals surface area contributed by atoms with E-state index < -0.39 is 0 Å². The van der Waals surface area contributed by atoms with Gasteiger partial charge in [-0.05, 0) is 47.7 Å². The van der Waals surface area contributed by atoms with Crippen molar-refractivity contribution in [1.82, 2.24) is 4.90 Å². The van der Waals surface area contributed by atoms with Crippen LogP contribution in [0.15, 0.2) is 24.3 Å². The molecule has 0 radical (unpaired) electrons. The highest BCUT2D eigenvalue weighted by atomic mass is 16.5.